The van der Waals surface area contributed by atoms with E-state index in [9.17, 15) is 18.0 Å². The van der Waals surface area contributed by atoms with E-state index in [1.807, 2.05) is 0 Å². The SMILES string of the molecule is O=C(OCCCCCCCCBr)c1ccc(C(F)(F)F)cc1. The minimum absolute atomic E-state index is 0.144. The Morgan fingerprint density at radius 3 is 2.05 bits per heavy atom. The van der Waals surface area contributed by atoms with E-state index in [4.69, 9.17) is 4.74 Å². The number of unbranched alkanes of at least 4 members (excludes halogenated alkanes) is 5. The fourth-order valence-corrected chi connectivity index (χ4v) is 2.34. The molecule has 6 heteroatoms. The quantitative estimate of drug-likeness (QED) is 0.316. The molecule has 0 aliphatic heterocycles. The third-order valence-corrected chi connectivity index (χ3v) is 3.77. The summed E-state index contributed by atoms with van der Waals surface area (Å²) >= 11 is 3.38. The lowest BCUT2D eigenvalue weighted by Gasteiger charge is -2.08. The highest BCUT2D eigenvalue weighted by Gasteiger charge is 2.30. The Labute approximate surface area is 137 Å². The topological polar surface area (TPSA) is 26.3 Å². The molecule has 0 fully saturated rings. The van der Waals surface area contributed by atoms with Crippen LogP contribution in [0.5, 0.6) is 0 Å². The lowest BCUT2D eigenvalue weighted by atomic mass is 10.1. The molecule has 0 heterocycles. The molecular formula is C16H20BrF3O2. The smallest absolute Gasteiger partial charge is 0.416 e. The highest BCUT2D eigenvalue weighted by Crippen LogP contribution is 2.29. The Morgan fingerprint density at radius 1 is 0.955 bits per heavy atom. The number of benzene rings is 1. The molecule has 22 heavy (non-hydrogen) atoms. The molecule has 0 saturated heterocycles. The number of hydrogen-bond donors (Lipinski definition) is 0. The molecule has 0 saturated carbocycles. The van der Waals surface area contributed by atoms with Gasteiger partial charge in [-0.05, 0) is 37.1 Å². The average molecular weight is 381 g/mol. The van der Waals surface area contributed by atoms with Gasteiger partial charge in [-0.15, -0.1) is 0 Å². The van der Waals surface area contributed by atoms with Crippen LogP contribution in [-0.4, -0.2) is 17.9 Å². The average Bonchev–Trinajstić information content (AvgIpc) is 2.49. The minimum Gasteiger partial charge on any atom is -0.462 e. The first-order valence-electron chi connectivity index (χ1n) is 7.35. The molecule has 1 aromatic rings. The van der Waals surface area contributed by atoms with Gasteiger partial charge in [0.1, 0.15) is 0 Å². The van der Waals surface area contributed by atoms with Crippen molar-refractivity contribution >= 4 is 21.9 Å². The Kier molecular flexibility index (Phi) is 8.53. The van der Waals surface area contributed by atoms with Crippen molar-refractivity contribution in [3.63, 3.8) is 0 Å². The second-order valence-corrected chi connectivity index (χ2v) is 5.81. The van der Waals surface area contributed by atoms with Crippen LogP contribution in [0.15, 0.2) is 24.3 Å². The van der Waals surface area contributed by atoms with Crippen LogP contribution in [0.1, 0.15) is 54.4 Å². The lowest BCUT2D eigenvalue weighted by Crippen LogP contribution is -2.08. The standard InChI is InChI=1S/C16H20BrF3O2/c17-11-5-3-1-2-4-6-12-22-15(21)13-7-9-14(10-8-13)16(18,19)20/h7-10H,1-6,11-12H2. The van der Waals surface area contributed by atoms with Crippen LogP contribution >= 0.6 is 15.9 Å². The fourth-order valence-electron chi connectivity index (χ4n) is 1.95. The van der Waals surface area contributed by atoms with Crippen molar-refractivity contribution in [3.05, 3.63) is 35.4 Å². The molecule has 0 N–H and O–H groups in total. The van der Waals surface area contributed by atoms with E-state index in [-0.39, 0.29) is 5.56 Å². The second-order valence-electron chi connectivity index (χ2n) is 5.02. The van der Waals surface area contributed by atoms with E-state index in [1.165, 1.54) is 19.3 Å². The summed E-state index contributed by atoms with van der Waals surface area (Å²) in [5.74, 6) is -0.576. The summed E-state index contributed by atoms with van der Waals surface area (Å²) in [4.78, 5) is 11.7. The number of carbonyl (C=O) groups is 1. The molecule has 2 nitrogen and oxygen atoms in total. The van der Waals surface area contributed by atoms with Crippen molar-refractivity contribution in [1.82, 2.24) is 0 Å². The molecule has 1 rings (SSSR count). The molecule has 124 valence electrons. The summed E-state index contributed by atoms with van der Waals surface area (Å²) in [5.41, 5.74) is -0.627. The summed E-state index contributed by atoms with van der Waals surface area (Å²) in [6, 6.07) is 4.07. The van der Waals surface area contributed by atoms with Gasteiger partial charge in [0.25, 0.3) is 0 Å². The van der Waals surface area contributed by atoms with Crippen molar-refractivity contribution in [2.75, 3.05) is 11.9 Å². The maximum atomic E-state index is 12.4. The molecule has 0 aliphatic carbocycles. The summed E-state index contributed by atoms with van der Waals surface area (Å²) in [7, 11) is 0. The highest BCUT2D eigenvalue weighted by atomic mass is 79.9. The van der Waals surface area contributed by atoms with Crippen LogP contribution in [-0.2, 0) is 10.9 Å². The molecule has 0 amide bonds. The second kappa shape index (κ2) is 9.87. The summed E-state index contributed by atoms with van der Waals surface area (Å²) in [5, 5.41) is 1.03. The number of esters is 1. The number of halogens is 4. The van der Waals surface area contributed by atoms with Gasteiger partial charge >= 0.3 is 12.1 Å². The maximum Gasteiger partial charge on any atom is 0.416 e. The van der Waals surface area contributed by atoms with Crippen LogP contribution in [0.3, 0.4) is 0 Å². The first kappa shape index (κ1) is 19.0. The van der Waals surface area contributed by atoms with Crippen LogP contribution in [0.4, 0.5) is 13.2 Å². The van der Waals surface area contributed by atoms with Crippen LogP contribution in [0.25, 0.3) is 0 Å². The third kappa shape index (κ3) is 7.29. The maximum absolute atomic E-state index is 12.4. The molecule has 1 aromatic carbocycles. The first-order valence-corrected chi connectivity index (χ1v) is 8.47. The van der Waals surface area contributed by atoms with E-state index in [2.05, 4.69) is 15.9 Å². The van der Waals surface area contributed by atoms with Crippen molar-refractivity contribution in [2.45, 2.75) is 44.7 Å². The van der Waals surface area contributed by atoms with E-state index in [1.54, 1.807) is 0 Å². The Morgan fingerprint density at radius 2 is 1.50 bits per heavy atom. The van der Waals surface area contributed by atoms with Crippen LogP contribution in [0.2, 0.25) is 0 Å². The summed E-state index contributed by atoms with van der Waals surface area (Å²) in [6.07, 6.45) is 2.00. The normalized spacial score (nSPS) is 11.5. The van der Waals surface area contributed by atoms with E-state index in [0.29, 0.717) is 6.61 Å². The zero-order chi connectivity index (χ0) is 16.4. The number of alkyl halides is 4. The van der Waals surface area contributed by atoms with Crippen molar-refractivity contribution in [3.8, 4) is 0 Å². The van der Waals surface area contributed by atoms with Gasteiger partial charge in [-0.3, -0.25) is 0 Å². The van der Waals surface area contributed by atoms with Gasteiger partial charge in [-0.2, -0.15) is 13.2 Å². The molecular weight excluding hydrogens is 361 g/mol. The molecule has 0 atom stereocenters. The monoisotopic (exact) mass is 380 g/mol. The molecule has 0 unspecified atom stereocenters. The molecule has 0 bridgehead atoms. The molecule has 0 aromatic heterocycles. The predicted molar refractivity (Wildman–Crippen MR) is 83.2 cm³/mol. The Bertz CT molecular complexity index is 444. The first-order chi connectivity index (χ1) is 10.4. The van der Waals surface area contributed by atoms with E-state index >= 15 is 0 Å². The number of hydrogen-bond acceptors (Lipinski definition) is 2. The number of carbonyl (C=O) groups excluding carboxylic acids is 1. The van der Waals surface area contributed by atoms with Crippen molar-refractivity contribution in [2.24, 2.45) is 0 Å². The van der Waals surface area contributed by atoms with E-state index < -0.39 is 17.7 Å². The zero-order valence-corrected chi connectivity index (χ0v) is 13.9. The summed E-state index contributed by atoms with van der Waals surface area (Å²) < 4.78 is 42.3. The summed E-state index contributed by atoms with van der Waals surface area (Å²) in [6.45, 7) is 0.304. The fraction of sp³-hybridized carbons (Fsp3) is 0.562. The van der Waals surface area contributed by atoms with Crippen molar-refractivity contribution < 1.29 is 22.7 Å². The number of rotatable bonds is 9. The van der Waals surface area contributed by atoms with Gasteiger partial charge in [0, 0.05) is 5.33 Å². The van der Waals surface area contributed by atoms with Crippen molar-refractivity contribution in [1.29, 1.82) is 0 Å². The van der Waals surface area contributed by atoms with Gasteiger partial charge < -0.3 is 4.74 Å². The molecule has 0 aliphatic rings. The number of ether oxygens (including phenoxy) is 1. The van der Waals surface area contributed by atoms with Gasteiger partial charge in [-0.1, -0.05) is 41.6 Å². The minimum atomic E-state index is -4.39. The van der Waals surface area contributed by atoms with Gasteiger partial charge in [0.2, 0.25) is 0 Å². The van der Waals surface area contributed by atoms with Crippen LogP contribution < -0.4 is 0 Å². The zero-order valence-electron chi connectivity index (χ0n) is 12.3. The predicted octanol–water partition coefficient (Wildman–Crippen LogP) is 5.60. The molecule has 0 spiro atoms. The Hall–Kier alpha value is -1.04. The lowest BCUT2D eigenvalue weighted by molar-refractivity contribution is -0.137. The largest absolute Gasteiger partial charge is 0.462 e. The van der Waals surface area contributed by atoms with Gasteiger partial charge in [0.05, 0.1) is 17.7 Å². The van der Waals surface area contributed by atoms with Gasteiger partial charge in [0.15, 0.2) is 0 Å². The Balaban J connectivity index is 2.23. The van der Waals surface area contributed by atoms with E-state index in [0.717, 1.165) is 48.9 Å². The molecule has 0 radical (unpaired) electrons. The third-order valence-electron chi connectivity index (χ3n) is 3.21. The highest BCUT2D eigenvalue weighted by molar-refractivity contribution is 9.09. The van der Waals surface area contributed by atoms with Crippen LogP contribution in [0, 0.1) is 0 Å². The van der Waals surface area contributed by atoms with Gasteiger partial charge in [-0.25, -0.2) is 4.79 Å².